The lowest BCUT2D eigenvalue weighted by Crippen LogP contribution is -2.43. The standard InChI is InChI=1S/C15H21N3O4/c1-5-6-17-7-8-18-13(15(17)20)14(12(19)9-16-18)22-11(4)21-10(2)3/h9-10H,4-8H2,1-3H3. The molecule has 7 nitrogen and oxygen atoms in total. The zero-order chi connectivity index (χ0) is 16.3. The van der Waals surface area contributed by atoms with Crippen molar-refractivity contribution in [3.8, 4) is 5.75 Å². The van der Waals surface area contributed by atoms with Crippen LogP contribution in [0.25, 0.3) is 0 Å². The molecule has 0 saturated carbocycles. The number of aromatic nitrogens is 2. The first kappa shape index (κ1) is 16.1. The van der Waals surface area contributed by atoms with Crippen LogP contribution in [0.1, 0.15) is 37.7 Å². The Morgan fingerprint density at radius 3 is 2.77 bits per heavy atom. The zero-order valence-corrected chi connectivity index (χ0v) is 13.2. The highest BCUT2D eigenvalue weighted by Gasteiger charge is 2.30. The van der Waals surface area contributed by atoms with Gasteiger partial charge in [-0.2, -0.15) is 5.10 Å². The molecule has 0 radical (unpaired) electrons. The van der Waals surface area contributed by atoms with Crippen LogP contribution in [0.2, 0.25) is 0 Å². The van der Waals surface area contributed by atoms with Gasteiger partial charge in [-0.15, -0.1) is 0 Å². The van der Waals surface area contributed by atoms with Gasteiger partial charge >= 0.3 is 0 Å². The molecule has 1 aliphatic heterocycles. The molecule has 0 atom stereocenters. The first-order valence-corrected chi connectivity index (χ1v) is 7.36. The van der Waals surface area contributed by atoms with Gasteiger partial charge < -0.3 is 14.4 Å². The van der Waals surface area contributed by atoms with Crippen LogP contribution in [-0.4, -0.2) is 39.8 Å². The van der Waals surface area contributed by atoms with E-state index in [2.05, 4.69) is 11.7 Å². The maximum Gasteiger partial charge on any atom is 0.277 e. The van der Waals surface area contributed by atoms with Crippen LogP contribution in [0.4, 0.5) is 0 Å². The molecule has 0 saturated heterocycles. The van der Waals surface area contributed by atoms with Gasteiger partial charge in [0.05, 0.1) is 18.8 Å². The number of amides is 1. The van der Waals surface area contributed by atoms with Crippen LogP contribution >= 0.6 is 0 Å². The van der Waals surface area contributed by atoms with Crippen LogP contribution in [0.15, 0.2) is 23.5 Å². The Labute approximate surface area is 129 Å². The van der Waals surface area contributed by atoms with Crippen molar-refractivity contribution in [2.45, 2.75) is 39.8 Å². The van der Waals surface area contributed by atoms with Gasteiger partial charge in [0, 0.05) is 13.1 Å². The number of ether oxygens (including phenoxy) is 2. The van der Waals surface area contributed by atoms with Gasteiger partial charge in [0.25, 0.3) is 11.9 Å². The third-order valence-electron chi connectivity index (χ3n) is 3.16. The summed E-state index contributed by atoms with van der Waals surface area (Å²) in [6.45, 7) is 11.0. The van der Waals surface area contributed by atoms with E-state index < -0.39 is 5.43 Å². The second-order valence-corrected chi connectivity index (χ2v) is 5.34. The fourth-order valence-corrected chi connectivity index (χ4v) is 2.30. The molecular weight excluding hydrogens is 286 g/mol. The third-order valence-corrected chi connectivity index (χ3v) is 3.16. The number of carbonyl (C=O) groups is 1. The molecule has 0 unspecified atom stereocenters. The van der Waals surface area contributed by atoms with Crippen molar-refractivity contribution in [3.63, 3.8) is 0 Å². The van der Waals surface area contributed by atoms with Crippen LogP contribution < -0.4 is 10.2 Å². The Morgan fingerprint density at radius 1 is 1.41 bits per heavy atom. The van der Waals surface area contributed by atoms with E-state index in [0.29, 0.717) is 19.6 Å². The van der Waals surface area contributed by atoms with E-state index in [0.717, 1.165) is 12.6 Å². The van der Waals surface area contributed by atoms with Crippen molar-refractivity contribution in [3.05, 3.63) is 34.6 Å². The van der Waals surface area contributed by atoms with Crippen LogP contribution in [0, 0.1) is 0 Å². The van der Waals surface area contributed by atoms with Crippen molar-refractivity contribution in [2.24, 2.45) is 0 Å². The van der Waals surface area contributed by atoms with Gasteiger partial charge in [0.15, 0.2) is 5.69 Å². The Kier molecular flexibility index (Phi) is 4.85. The molecule has 22 heavy (non-hydrogen) atoms. The topological polar surface area (TPSA) is 73.7 Å². The Balaban J connectivity index is 2.37. The van der Waals surface area contributed by atoms with Gasteiger partial charge in [-0.3, -0.25) is 14.3 Å². The summed E-state index contributed by atoms with van der Waals surface area (Å²) in [5.41, 5.74) is -0.313. The van der Waals surface area contributed by atoms with Crippen molar-refractivity contribution in [1.29, 1.82) is 0 Å². The second kappa shape index (κ2) is 6.64. The van der Waals surface area contributed by atoms with E-state index in [-0.39, 0.29) is 29.4 Å². The van der Waals surface area contributed by atoms with Crippen molar-refractivity contribution >= 4 is 5.91 Å². The van der Waals surface area contributed by atoms with Crippen LogP contribution in [0.3, 0.4) is 0 Å². The van der Waals surface area contributed by atoms with Crippen LogP contribution in [-0.2, 0) is 11.3 Å². The molecule has 0 aromatic carbocycles. The van der Waals surface area contributed by atoms with Gasteiger partial charge in [0.2, 0.25) is 11.2 Å². The molecule has 7 heteroatoms. The van der Waals surface area contributed by atoms with Crippen molar-refractivity contribution in [2.75, 3.05) is 13.1 Å². The molecular formula is C15H21N3O4. The van der Waals surface area contributed by atoms with Crippen molar-refractivity contribution in [1.82, 2.24) is 14.7 Å². The molecule has 2 heterocycles. The molecule has 0 N–H and O–H groups in total. The predicted molar refractivity (Wildman–Crippen MR) is 80.7 cm³/mol. The molecule has 1 aromatic rings. The fraction of sp³-hybridized carbons (Fsp3) is 0.533. The summed E-state index contributed by atoms with van der Waals surface area (Å²) in [5, 5.41) is 4.00. The van der Waals surface area contributed by atoms with Gasteiger partial charge in [0.1, 0.15) is 0 Å². The summed E-state index contributed by atoms with van der Waals surface area (Å²) in [6, 6.07) is 0. The zero-order valence-electron chi connectivity index (χ0n) is 13.2. The second-order valence-electron chi connectivity index (χ2n) is 5.34. The molecule has 0 aliphatic carbocycles. The normalized spacial score (nSPS) is 14.0. The van der Waals surface area contributed by atoms with E-state index >= 15 is 0 Å². The predicted octanol–water partition coefficient (Wildman–Crippen LogP) is 1.38. The van der Waals surface area contributed by atoms with E-state index in [1.54, 1.807) is 4.90 Å². The number of nitrogens with zero attached hydrogens (tertiary/aromatic N) is 3. The Hall–Kier alpha value is -2.31. The minimum Gasteiger partial charge on any atom is -0.463 e. The summed E-state index contributed by atoms with van der Waals surface area (Å²) in [6.07, 6.45) is 1.85. The summed E-state index contributed by atoms with van der Waals surface area (Å²) in [4.78, 5) is 26.3. The monoisotopic (exact) mass is 307 g/mol. The molecule has 0 fully saturated rings. The van der Waals surface area contributed by atoms with E-state index in [1.165, 1.54) is 4.68 Å². The van der Waals surface area contributed by atoms with E-state index in [1.807, 2.05) is 20.8 Å². The molecule has 2 rings (SSSR count). The van der Waals surface area contributed by atoms with Crippen molar-refractivity contribution < 1.29 is 14.3 Å². The maximum absolute atomic E-state index is 12.6. The average Bonchev–Trinajstić information content (AvgIpc) is 2.44. The lowest BCUT2D eigenvalue weighted by Gasteiger charge is -2.29. The minimum absolute atomic E-state index is 0.0125. The van der Waals surface area contributed by atoms with Gasteiger partial charge in [-0.1, -0.05) is 6.92 Å². The highest BCUT2D eigenvalue weighted by molar-refractivity contribution is 5.95. The number of carbonyl (C=O) groups excluding carboxylic acids is 1. The summed E-state index contributed by atoms with van der Waals surface area (Å²) < 4.78 is 12.2. The lowest BCUT2D eigenvalue weighted by molar-refractivity contribution is 0.0586. The van der Waals surface area contributed by atoms with E-state index in [4.69, 9.17) is 9.47 Å². The SMILES string of the molecule is C=C(Oc1c2n(ncc1=O)CCN(CCC)C2=O)OC(C)C. The number of rotatable bonds is 6. The third kappa shape index (κ3) is 3.29. The first-order valence-electron chi connectivity index (χ1n) is 7.36. The van der Waals surface area contributed by atoms with Gasteiger partial charge in [-0.25, -0.2) is 0 Å². The fourth-order valence-electron chi connectivity index (χ4n) is 2.30. The molecule has 120 valence electrons. The number of fused-ring (bicyclic) bond motifs is 1. The molecule has 1 amide bonds. The minimum atomic E-state index is -0.466. The van der Waals surface area contributed by atoms with E-state index in [9.17, 15) is 9.59 Å². The smallest absolute Gasteiger partial charge is 0.277 e. The molecule has 0 bridgehead atoms. The molecule has 1 aromatic heterocycles. The maximum atomic E-state index is 12.6. The first-order chi connectivity index (χ1) is 10.4. The summed E-state index contributed by atoms with van der Waals surface area (Å²) in [7, 11) is 0. The Bertz CT molecular complexity index is 636. The average molecular weight is 307 g/mol. The Morgan fingerprint density at radius 2 is 2.14 bits per heavy atom. The van der Waals surface area contributed by atoms with Crippen LogP contribution in [0.5, 0.6) is 5.75 Å². The number of hydrogen-bond acceptors (Lipinski definition) is 5. The van der Waals surface area contributed by atoms with Gasteiger partial charge in [-0.05, 0) is 26.8 Å². The quantitative estimate of drug-likeness (QED) is 0.742. The number of hydrogen-bond donors (Lipinski definition) is 0. The molecule has 1 aliphatic rings. The largest absolute Gasteiger partial charge is 0.463 e. The summed E-state index contributed by atoms with van der Waals surface area (Å²) >= 11 is 0. The summed E-state index contributed by atoms with van der Waals surface area (Å²) in [5.74, 6) is -0.349. The highest BCUT2D eigenvalue weighted by atomic mass is 16.7. The lowest BCUT2D eigenvalue weighted by atomic mass is 10.2. The molecule has 0 spiro atoms. The highest BCUT2D eigenvalue weighted by Crippen LogP contribution is 2.21.